The van der Waals surface area contributed by atoms with Gasteiger partial charge in [0, 0.05) is 7.05 Å². The maximum Gasteiger partial charge on any atom is 0.341 e. The van der Waals surface area contributed by atoms with Crippen molar-refractivity contribution in [1.29, 1.82) is 0 Å². The van der Waals surface area contributed by atoms with E-state index in [9.17, 15) is 0 Å². The van der Waals surface area contributed by atoms with Crippen LogP contribution in [0.15, 0.2) is 29.7 Å². The second-order valence-corrected chi connectivity index (χ2v) is 3.79. The zero-order chi connectivity index (χ0) is 13.1. The first-order valence-corrected chi connectivity index (χ1v) is 5.22. The molecule has 2 aromatic rings. The van der Waals surface area contributed by atoms with Crippen LogP contribution in [-0.2, 0) is 7.05 Å². The molecule has 2 rings (SSSR count). The van der Waals surface area contributed by atoms with Crippen molar-refractivity contribution in [3.8, 4) is 11.8 Å². The van der Waals surface area contributed by atoms with E-state index in [0.717, 1.165) is 5.56 Å². The molecule has 94 valence electrons. The van der Waals surface area contributed by atoms with Crippen molar-refractivity contribution in [3.63, 3.8) is 0 Å². The number of hydrogen-bond acceptors (Lipinski definition) is 5. The Hall–Kier alpha value is -2.57. The molecule has 0 spiro atoms. The van der Waals surface area contributed by atoms with Gasteiger partial charge in [-0.15, -0.1) is 5.10 Å². The number of aryl methyl sites for hydroxylation is 2. The molecule has 1 aromatic carbocycles. The third-order valence-electron chi connectivity index (χ3n) is 2.30. The molecule has 7 heteroatoms. The van der Waals surface area contributed by atoms with Crippen LogP contribution in [0.5, 0.6) is 11.8 Å². The maximum atomic E-state index is 8.75. The summed E-state index contributed by atoms with van der Waals surface area (Å²) in [7, 11) is 1.74. The fraction of sp³-hybridized carbons (Fsp3) is 0.182. The lowest BCUT2D eigenvalue weighted by Crippen LogP contribution is -2.14. The second-order valence-electron chi connectivity index (χ2n) is 3.79. The van der Waals surface area contributed by atoms with E-state index in [0.29, 0.717) is 11.3 Å². The monoisotopic (exact) mass is 247 g/mol. The summed E-state index contributed by atoms with van der Waals surface area (Å²) in [5, 5.41) is 15.7. The summed E-state index contributed by atoms with van der Waals surface area (Å²) >= 11 is 0. The van der Waals surface area contributed by atoms with Crippen LogP contribution in [0.2, 0.25) is 0 Å². The lowest BCUT2D eigenvalue weighted by atomic mass is 10.1. The highest BCUT2D eigenvalue weighted by molar-refractivity contribution is 5.99. The summed E-state index contributed by atoms with van der Waals surface area (Å²) in [4.78, 5) is 3.95. The maximum absolute atomic E-state index is 8.75. The molecule has 1 heterocycles. The number of benzene rings is 1. The molecule has 0 atom stereocenters. The Morgan fingerprint density at radius 3 is 2.89 bits per heavy atom. The number of rotatable bonds is 3. The van der Waals surface area contributed by atoms with Gasteiger partial charge in [-0.2, -0.15) is 4.98 Å². The van der Waals surface area contributed by atoms with E-state index in [4.69, 9.17) is 15.7 Å². The van der Waals surface area contributed by atoms with E-state index < -0.39 is 0 Å². The number of nitrogens with zero attached hydrogens (tertiary/aromatic N) is 4. The third kappa shape index (κ3) is 2.40. The van der Waals surface area contributed by atoms with Crippen molar-refractivity contribution in [2.24, 2.45) is 17.9 Å². The predicted molar refractivity (Wildman–Crippen MR) is 64.8 cm³/mol. The number of ether oxygens (including phenoxy) is 1. The number of aromatic nitrogens is 3. The zero-order valence-electron chi connectivity index (χ0n) is 10.0. The molecular weight excluding hydrogens is 234 g/mol. The first kappa shape index (κ1) is 11.9. The molecule has 0 amide bonds. The fourth-order valence-electron chi connectivity index (χ4n) is 1.45. The Morgan fingerprint density at radius 1 is 1.50 bits per heavy atom. The van der Waals surface area contributed by atoms with Gasteiger partial charge in [-0.25, -0.2) is 0 Å². The Bertz CT molecular complexity index is 591. The SMILES string of the molecule is Cc1ccc(Oc2ncn(C)n2)c(/C(N)=N/O)c1. The van der Waals surface area contributed by atoms with Gasteiger partial charge in [0.05, 0.1) is 5.56 Å². The molecular formula is C11H13N5O2. The summed E-state index contributed by atoms with van der Waals surface area (Å²) in [6.07, 6.45) is 1.52. The van der Waals surface area contributed by atoms with Crippen LogP contribution in [0.1, 0.15) is 11.1 Å². The van der Waals surface area contributed by atoms with Crippen molar-refractivity contribution in [2.45, 2.75) is 6.92 Å². The highest BCUT2D eigenvalue weighted by Gasteiger charge is 2.11. The van der Waals surface area contributed by atoms with Crippen molar-refractivity contribution in [1.82, 2.24) is 14.8 Å². The first-order chi connectivity index (χ1) is 8.60. The van der Waals surface area contributed by atoms with Crippen LogP contribution in [0.3, 0.4) is 0 Å². The van der Waals surface area contributed by atoms with Gasteiger partial charge in [0.1, 0.15) is 12.1 Å². The topological polar surface area (TPSA) is 98.5 Å². The summed E-state index contributed by atoms with van der Waals surface area (Å²) in [6.45, 7) is 1.90. The van der Waals surface area contributed by atoms with Crippen molar-refractivity contribution in [3.05, 3.63) is 35.7 Å². The minimum atomic E-state index is -0.0235. The summed E-state index contributed by atoms with van der Waals surface area (Å²) in [6, 6.07) is 5.53. The van der Waals surface area contributed by atoms with Gasteiger partial charge < -0.3 is 15.7 Å². The van der Waals surface area contributed by atoms with Gasteiger partial charge in [-0.1, -0.05) is 16.8 Å². The summed E-state index contributed by atoms with van der Waals surface area (Å²) in [5.41, 5.74) is 7.06. The molecule has 0 radical (unpaired) electrons. The Morgan fingerprint density at radius 2 is 2.28 bits per heavy atom. The first-order valence-electron chi connectivity index (χ1n) is 5.22. The second kappa shape index (κ2) is 4.74. The predicted octanol–water partition coefficient (Wildman–Crippen LogP) is 1.01. The molecule has 0 aliphatic carbocycles. The largest absolute Gasteiger partial charge is 0.422 e. The van der Waals surface area contributed by atoms with Crippen LogP contribution in [0.25, 0.3) is 0 Å². The Balaban J connectivity index is 2.38. The van der Waals surface area contributed by atoms with Gasteiger partial charge in [0.25, 0.3) is 0 Å². The Kier molecular flexibility index (Phi) is 3.13. The fourth-order valence-corrected chi connectivity index (χ4v) is 1.45. The van der Waals surface area contributed by atoms with Crippen molar-refractivity contribution < 1.29 is 9.94 Å². The minimum Gasteiger partial charge on any atom is -0.422 e. The van der Waals surface area contributed by atoms with E-state index in [-0.39, 0.29) is 11.8 Å². The standard InChI is InChI=1S/C11H13N5O2/c1-7-3-4-9(8(5-7)10(12)15-17)18-11-13-6-16(2)14-11/h3-6,17H,1-2H3,(H2,12,15). The Labute approximate surface area is 104 Å². The number of hydrogen-bond donors (Lipinski definition) is 2. The molecule has 7 nitrogen and oxygen atoms in total. The third-order valence-corrected chi connectivity index (χ3v) is 2.30. The normalized spacial score (nSPS) is 11.6. The van der Waals surface area contributed by atoms with Gasteiger partial charge >= 0.3 is 6.01 Å². The number of amidine groups is 1. The molecule has 1 aromatic heterocycles. The van der Waals surface area contributed by atoms with Gasteiger partial charge in [0.15, 0.2) is 5.84 Å². The lowest BCUT2D eigenvalue weighted by molar-refractivity contribution is 0.318. The van der Waals surface area contributed by atoms with Crippen LogP contribution < -0.4 is 10.5 Å². The summed E-state index contributed by atoms with van der Waals surface area (Å²) < 4.78 is 7.01. The van der Waals surface area contributed by atoms with Crippen LogP contribution in [-0.4, -0.2) is 25.8 Å². The number of nitrogens with two attached hydrogens (primary N) is 1. The van der Waals surface area contributed by atoms with E-state index in [2.05, 4.69) is 15.2 Å². The molecule has 0 aliphatic heterocycles. The molecule has 0 fully saturated rings. The van der Waals surface area contributed by atoms with Gasteiger partial charge in [0.2, 0.25) is 0 Å². The van der Waals surface area contributed by atoms with Gasteiger partial charge in [-0.05, 0) is 19.1 Å². The van der Waals surface area contributed by atoms with Crippen molar-refractivity contribution >= 4 is 5.84 Å². The molecule has 0 unspecified atom stereocenters. The lowest BCUT2D eigenvalue weighted by Gasteiger charge is -2.08. The molecule has 0 saturated carbocycles. The quantitative estimate of drug-likeness (QED) is 0.365. The van der Waals surface area contributed by atoms with E-state index in [1.54, 1.807) is 19.2 Å². The average molecular weight is 247 g/mol. The van der Waals surface area contributed by atoms with E-state index >= 15 is 0 Å². The number of oxime groups is 1. The molecule has 0 aliphatic rings. The molecule has 18 heavy (non-hydrogen) atoms. The van der Waals surface area contributed by atoms with Crippen LogP contribution >= 0.6 is 0 Å². The molecule has 3 N–H and O–H groups in total. The molecule has 0 bridgehead atoms. The molecule has 0 saturated heterocycles. The highest BCUT2D eigenvalue weighted by Crippen LogP contribution is 2.23. The smallest absolute Gasteiger partial charge is 0.341 e. The van der Waals surface area contributed by atoms with Crippen LogP contribution in [0, 0.1) is 6.92 Å². The highest BCUT2D eigenvalue weighted by atomic mass is 16.5. The summed E-state index contributed by atoms with van der Waals surface area (Å²) in [5.74, 6) is 0.409. The van der Waals surface area contributed by atoms with E-state index in [1.165, 1.54) is 11.0 Å². The average Bonchev–Trinajstić information content (AvgIpc) is 2.76. The minimum absolute atomic E-state index is 0.0235. The van der Waals surface area contributed by atoms with Crippen molar-refractivity contribution in [2.75, 3.05) is 0 Å². The van der Waals surface area contributed by atoms with Gasteiger partial charge in [-0.3, -0.25) is 4.68 Å². The van der Waals surface area contributed by atoms with E-state index in [1.807, 2.05) is 13.0 Å². The zero-order valence-corrected chi connectivity index (χ0v) is 10.0. The van der Waals surface area contributed by atoms with Crippen LogP contribution in [0.4, 0.5) is 0 Å².